The summed E-state index contributed by atoms with van der Waals surface area (Å²) in [5.41, 5.74) is -0.564. The predicted molar refractivity (Wildman–Crippen MR) is 62.4 cm³/mol. The number of ether oxygens (including phenoxy) is 1. The lowest BCUT2D eigenvalue weighted by molar-refractivity contribution is -0.123. The van der Waals surface area contributed by atoms with E-state index in [-0.39, 0.29) is 24.8 Å². The first-order chi connectivity index (χ1) is 7.74. The summed E-state index contributed by atoms with van der Waals surface area (Å²) in [5.74, 6) is -0.0905. The second-order valence-corrected chi connectivity index (χ2v) is 5.30. The Kier molecular flexibility index (Phi) is 3.76. The van der Waals surface area contributed by atoms with Gasteiger partial charge in [0, 0.05) is 12.5 Å². The zero-order chi connectivity index (χ0) is 13.2. The molecular formula is C12H18N2O3. The molecule has 0 N–H and O–H groups in total. The number of hydrogen-bond acceptors (Lipinski definition) is 3. The molecule has 17 heavy (non-hydrogen) atoms. The van der Waals surface area contributed by atoms with Crippen LogP contribution < -0.4 is 0 Å². The Hall–Kier alpha value is -1.57. The van der Waals surface area contributed by atoms with Gasteiger partial charge in [-0.05, 0) is 27.7 Å². The van der Waals surface area contributed by atoms with Crippen LogP contribution in [0.4, 0.5) is 4.79 Å². The molecule has 0 aromatic heterocycles. The van der Waals surface area contributed by atoms with Gasteiger partial charge in [-0.3, -0.25) is 9.69 Å². The number of hydrogen-bond donors (Lipinski definition) is 0. The van der Waals surface area contributed by atoms with E-state index in [1.165, 1.54) is 4.90 Å². The standard InChI is InChI=1S/C12H18N2O3/c1-8-6-10(15)9(13-5)7-14(8)11(16)17-12(2,3)4/h8-9H,6-7H2,1-4H3/t8-,9?/m0/s1. The van der Waals surface area contributed by atoms with E-state index < -0.39 is 17.7 Å². The molecule has 5 nitrogen and oxygen atoms in total. The number of ketones is 1. The van der Waals surface area contributed by atoms with Gasteiger partial charge in [0.2, 0.25) is 5.78 Å². The third-order valence-corrected chi connectivity index (χ3v) is 2.55. The normalized spacial score (nSPS) is 25.4. The molecule has 0 aromatic rings. The Bertz CT molecular complexity index is 365. The highest BCUT2D eigenvalue weighted by atomic mass is 16.6. The topological polar surface area (TPSA) is 51.0 Å². The van der Waals surface area contributed by atoms with Crippen LogP contribution in [0.2, 0.25) is 0 Å². The van der Waals surface area contributed by atoms with E-state index in [0.717, 1.165) is 0 Å². The average Bonchev–Trinajstić information content (AvgIpc) is 2.14. The Morgan fingerprint density at radius 1 is 1.53 bits per heavy atom. The van der Waals surface area contributed by atoms with Gasteiger partial charge in [0.1, 0.15) is 12.1 Å². The van der Waals surface area contributed by atoms with Crippen LogP contribution in [-0.4, -0.2) is 41.0 Å². The molecule has 1 rings (SSSR count). The number of likely N-dealkylation sites (tertiary alicyclic amines) is 1. The molecule has 0 aliphatic carbocycles. The Morgan fingerprint density at radius 3 is 2.59 bits per heavy atom. The summed E-state index contributed by atoms with van der Waals surface area (Å²) in [6, 6.07) is -0.936. The summed E-state index contributed by atoms with van der Waals surface area (Å²) in [5, 5.41) is 0. The van der Waals surface area contributed by atoms with Crippen molar-refractivity contribution in [2.75, 3.05) is 6.54 Å². The molecule has 1 aliphatic rings. The predicted octanol–water partition coefficient (Wildman–Crippen LogP) is 1.87. The largest absolute Gasteiger partial charge is 0.444 e. The van der Waals surface area contributed by atoms with Crippen molar-refractivity contribution in [3.8, 4) is 0 Å². The van der Waals surface area contributed by atoms with Gasteiger partial charge < -0.3 is 9.58 Å². The fourth-order valence-electron chi connectivity index (χ4n) is 1.69. The molecular weight excluding hydrogens is 220 g/mol. The molecule has 0 bridgehead atoms. The van der Waals surface area contributed by atoms with E-state index in [0.29, 0.717) is 0 Å². The van der Waals surface area contributed by atoms with Crippen LogP contribution in [0.25, 0.3) is 4.85 Å². The number of nitrogens with zero attached hydrogens (tertiary/aromatic N) is 2. The number of Topliss-reactive ketones (excluding diaryl/α,β-unsaturated/α-hetero) is 1. The highest BCUT2D eigenvalue weighted by Gasteiger charge is 2.39. The molecule has 0 radical (unpaired) electrons. The summed E-state index contributed by atoms with van der Waals surface area (Å²) in [6.45, 7) is 14.2. The molecule has 1 saturated heterocycles. The molecule has 94 valence electrons. The van der Waals surface area contributed by atoms with Crippen LogP contribution in [0.5, 0.6) is 0 Å². The number of carbonyl (C=O) groups excluding carboxylic acids is 2. The maximum atomic E-state index is 11.9. The monoisotopic (exact) mass is 238 g/mol. The fraction of sp³-hybridized carbons (Fsp3) is 0.750. The zero-order valence-corrected chi connectivity index (χ0v) is 10.7. The van der Waals surface area contributed by atoms with Gasteiger partial charge in [-0.1, -0.05) is 0 Å². The lowest BCUT2D eigenvalue weighted by Gasteiger charge is -2.34. The van der Waals surface area contributed by atoms with Gasteiger partial charge in [0.25, 0.3) is 6.04 Å². The number of rotatable bonds is 0. The Morgan fingerprint density at radius 2 is 2.12 bits per heavy atom. The molecule has 5 heteroatoms. The Labute approximate surface area is 102 Å². The summed E-state index contributed by atoms with van der Waals surface area (Å²) in [6.07, 6.45) is -0.224. The lowest BCUT2D eigenvalue weighted by atomic mass is 9.99. The van der Waals surface area contributed by atoms with Gasteiger partial charge in [-0.25, -0.2) is 11.4 Å². The average molecular weight is 238 g/mol. The quantitative estimate of drug-likeness (QED) is 0.605. The van der Waals surface area contributed by atoms with Gasteiger partial charge in [0.05, 0.1) is 0 Å². The summed E-state index contributed by atoms with van der Waals surface area (Å²) >= 11 is 0. The highest BCUT2D eigenvalue weighted by Crippen LogP contribution is 2.19. The smallest absolute Gasteiger partial charge is 0.410 e. The first kappa shape index (κ1) is 13.5. The first-order valence-corrected chi connectivity index (χ1v) is 5.63. The van der Waals surface area contributed by atoms with Crippen LogP contribution >= 0.6 is 0 Å². The highest BCUT2D eigenvalue weighted by molar-refractivity contribution is 5.88. The van der Waals surface area contributed by atoms with Crippen molar-refractivity contribution in [1.29, 1.82) is 0 Å². The van der Waals surface area contributed by atoms with Crippen LogP contribution in [0, 0.1) is 6.57 Å². The van der Waals surface area contributed by atoms with Gasteiger partial charge >= 0.3 is 6.09 Å². The summed E-state index contributed by atoms with van der Waals surface area (Å²) in [7, 11) is 0. The van der Waals surface area contributed by atoms with Crippen molar-refractivity contribution in [3.05, 3.63) is 11.4 Å². The van der Waals surface area contributed by atoms with Crippen molar-refractivity contribution < 1.29 is 14.3 Å². The van der Waals surface area contributed by atoms with Crippen LogP contribution in [-0.2, 0) is 9.53 Å². The second-order valence-electron chi connectivity index (χ2n) is 5.30. The van der Waals surface area contributed by atoms with E-state index in [9.17, 15) is 9.59 Å². The third kappa shape index (κ3) is 3.45. The van der Waals surface area contributed by atoms with Crippen molar-refractivity contribution >= 4 is 11.9 Å². The summed E-state index contributed by atoms with van der Waals surface area (Å²) < 4.78 is 5.25. The molecule has 0 aromatic carbocycles. The fourth-order valence-corrected chi connectivity index (χ4v) is 1.69. The van der Waals surface area contributed by atoms with Crippen molar-refractivity contribution in [1.82, 2.24) is 4.90 Å². The molecule has 1 fully saturated rings. The van der Waals surface area contributed by atoms with Gasteiger partial charge in [-0.2, -0.15) is 0 Å². The van der Waals surface area contributed by atoms with E-state index in [4.69, 9.17) is 11.3 Å². The minimum absolute atomic E-state index is 0.0905. The number of amides is 1. The molecule has 1 amide bonds. The number of carbonyl (C=O) groups is 2. The third-order valence-electron chi connectivity index (χ3n) is 2.55. The molecule has 0 spiro atoms. The number of piperidine rings is 1. The summed E-state index contributed by atoms with van der Waals surface area (Å²) in [4.78, 5) is 28.1. The first-order valence-electron chi connectivity index (χ1n) is 5.63. The van der Waals surface area contributed by atoms with Gasteiger partial charge in [-0.15, -0.1) is 0 Å². The molecule has 1 unspecified atom stereocenters. The van der Waals surface area contributed by atoms with Crippen LogP contribution in [0.3, 0.4) is 0 Å². The molecule has 0 saturated carbocycles. The Balaban J connectivity index is 2.74. The van der Waals surface area contributed by atoms with E-state index >= 15 is 0 Å². The molecule has 1 heterocycles. The van der Waals surface area contributed by atoms with Crippen LogP contribution in [0.1, 0.15) is 34.1 Å². The molecule has 1 aliphatic heterocycles. The molecule has 2 atom stereocenters. The minimum atomic E-state index is -0.737. The van der Waals surface area contributed by atoms with E-state index in [1.807, 2.05) is 0 Å². The second kappa shape index (κ2) is 4.74. The minimum Gasteiger partial charge on any atom is -0.444 e. The zero-order valence-electron chi connectivity index (χ0n) is 10.7. The van der Waals surface area contributed by atoms with Gasteiger partial charge in [0.15, 0.2) is 0 Å². The maximum absolute atomic E-state index is 11.9. The SMILES string of the molecule is [C-]#[N+]C1CN(C(=O)OC(C)(C)C)[C@@H](C)CC1=O. The van der Waals surface area contributed by atoms with Crippen molar-refractivity contribution in [3.63, 3.8) is 0 Å². The van der Waals surface area contributed by atoms with E-state index in [1.54, 1.807) is 27.7 Å². The van der Waals surface area contributed by atoms with E-state index in [2.05, 4.69) is 4.85 Å². The van der Waals surface area contributed by atoms with Crippen molar-refractivity contribution in [2.24, 2.45) is 0 Å². The lowest BCUT2D eigenvalue weighted by Crippen LogP contribution is -2.52. The van der Waals surface area contributed by atoms with Crippen LogP contribution in [0.15, 0.2) is 0 Å². The van der Waals surface area contributed by atoms with Crippen molar-refractivity contribution in [2.45, 2.75) is 51.8 Å². The maximum Gasteiger partial charge on any atom is 0.410 e.